The number of benzene rings is 2. The van der Waals surface area contributed by atoms with Crippen LogP contribution in [0, 0.1) is 11.3 Å². The molecular formula is C25H25N5O. The number of amides is 1. The van der Waals surface area contributed by atoms with Crippen LogP contribution >= 0.6 is 0 Å². The molecule has 0 aliphatic carbocycles. The van der Waals surface area contributed by atoms with Crippen LogP contribution in [0.1, 0.15) is 24.8 Å². The van der Waals surface area contributed by atoms with Crippen LogP contribution in [-0.2, 0) is 4.79 Å². The third-order valence-corrected chi connectivity index (χ3v) is 6.29. The minimum atomic E-state index is -0.0569. The van der Waals surface area contributed by atoms with Gasteiger partial charge in [-0.15, -0.1) is 0 Å². The molecule has 2 saturated heterocycles. The number of hydrogen-bond acceptors (Lipinski definition) is 5. The molecule has 2 fully saturated rings. The smallest absolute Gasteiger partial charge is 0.237 e. The van der Waals surface area contributed by atoms with E-state index in [1.165, 1.54) is 0 Å². The molecule has 6 nitrogen and oxygen atoms in total. The van der Waals surface area contributed by atoms with E-state index < -0.39 is 0 Å². The lowest BCUT2D eigenvalue weighted by Crippen LogP contribution is -2.46. The molecule has 1 amide bonds. The highest BCUT2D eigenvalue weighted by atomic mass is 16.2. The van der Waals surface area contributed by atoms with Gasteiger partial charge in [0.15, 0.2) is 0 Å². The summed E-state index contributed by atoms with van der Waals surface area (Å²) in [6.07, 6.45) is 4.71. The quantitative estimate of drug-likeness (QED) is 0.689. The van der Waals surface area contributed by atoms with E-state index in [9.17, 15) is 10.1 Å². The van der Waals surface area contributed by atoms with Gasteiger partial charge in [0.1, 0.15) is 6.07 Å². The first-order valence-corrected chi connectivity index (χ1v) is 10.9. The number of nitriles is 1. The fraction of sp³-hybridized carbons (Fsp3) is 0.320. The van der Waals surface area contributed by atoms with Gasteiger partial charge >= 0.3 is 0 Å². The molecule has 5 rings (SSSR count). The van der Waals surface area contributed by atoms with Crippen LogP contribution in [0.2, 0.25) is 0 Å². The van der Waals surface area contributed by atoms with Gasteiger partial charge in [-0.3, -0.25) is 9.78 Å². The second-order valence-corrected chi connectivity index (χ2v) is 8.35. The van der Waals surface area contributed by atoms with E-state index >= 15 is 0 Å². The lowest BCUT2D eigenvalue weighted by Gasteiger charge is -2.21. The number of pyridine rings is 1. The molecule has 2 aliphatic rings. The van der Waals surface area contributed by atoms with Crippen LogP contribution in [0.15, 0.2) is 54.7 Å². The second-order valence-electron chi connectivity index (χ2n) is 8.35. The molecule has 2 atom stereocenters. The maximum atomic E-state index is 12.4. The van der Waals surface area contributed by atoms with Crippen LogP contribution in [0.3, 0.4) is 0 Å². The lowest BCUT2D eigenvalue weighted by molar-refractivity contribution is -0.123. The van der Waals surface area contributed by atoms with Gasteiger partial charge in [-0.05, 0) is 55.6 Å². The van der Waals surface area contributed by atoms with Gasteiger partial charge in [0, 0.05) is 36.3 Å². The molecule has 3 heterocycles. The molecule has 1 aromatic heterocycles. The summed E-state index contributed by atoms with van der Waals surface area (Å²) in [4.78, 5) is 19.2. The first-order chi connectivity index (χ1) is 15.2. The van der Waals surface area contributed by atoms with Crippen LogP contribution in [0.4, 0.5) is 5.69 Å². The van der Waals surface area contributed by atoms with Gasteiger partial charge in [0.2, 0.25) is 5.91 Å². The number of aromatic nitrogens is 1. The molecule has 0 spiro atoms. The summed E-state index contributed by atoms with van der Waals surface area (Å²) in [5.74, 6) is 0.101. The molecule has 31 heavy (non-hydrogen) atoms. The summed E-state index contributed by atoms with van der Waals surface area (Å²) in [5, 5.41) is 17.3. The fourth-order valence-corrected chi connectivity index (χ4v) is 4.62. The third kappa shape index (κ3) is 3.97. The Labute approximate surface area is 181 Å². The van der Waals surface area contributed by atoms with Gasteiger partial charge < -0.3 is 15.5 Å². The molecule has 2 N–H and O–H groups in total. The molecule has 2 aliphatic heterocycles. The average molecular weight is 412 g/mol. The van der Waals surface area contributed by atoms with E-state index in [4.69, 9.17) is 0 Å². The molecule has 0 unspecified atom stereocenters. The Balaban J connectivity index is 1.33. The van der Waals surface area contributed by atoms with Crippen molar-refractivity contribution < 1.29 is 4.79 Å². The Bertz CT molecular complexity index is 1160. The molecule has 156 valence electrons. The lowest BCUT2D eigenvalue weighted by atomic mass is 10.0. The topological polar surface area (TPSA) is 81.1 Å². The van der Waals surface area contributed by atoms with Gasteiger partial charge in [-0.25, -0.2) is 0 Å². The largest absolute Gasteiger partial charge is 0.368 e. The Morgan fingerprint density at radius 1 is 1.16 bits per heavy atom. The molecule has 2 aromatic carbocycles. The van der Waals surface area contributed by atoms with Gasteiger partial charge in [0.05, 0.1) is 22.8 Å². The van der Waals surface area contributed by atoms with Gasteiger partial charge in [-0.2, -0.15) is 5.26 Å². The first-order valence-electron chi connectivity index (χ1n) is 10.9. The molecule has 0 bridgehead atoms. The average Bonchev–Trinajstić information content (AvgIpc) is 3.51. The van der Waals surface area contributed by atoms with Crippen LogP contribution in [0.5, 0.6) is 0 Å². The highest BCUT2D eigenvalue weighted by Crippen LogP contribution is 2.30. The predicted molar refractivity (Wildman–Crippen MR) is 122 cm³/mol. The van der Waals surface area contributed by atoms with Crippen molar-refractivity contribution >= 4 is 22.5 Å². The zero-order chi connectivity index (χ0) is 21.2. The standard InChI is InChI=1S/C25H25N5O/c26-14-19-12-17(20-13-18-4-1-2-5-22(18)28-15-20)7-8-24(19)30-11-9-21(16-30)29-25(31)23-6-3-10-27-23/h1-2,4-5,7-8,12-13,15,21,23,27H,3,6,9-11,16H2,(H,29,31)/t21-,23-/m0/s1. The summed E-state index contributed by atoms with van der Waals surface area (Å²) < 4.78 is 0. The van der Waals surface area contributed by atoms with Crippen molar-refractivity contribution in [3.8, 4) is 17.2 Å². The highest BCUT2D eigenvalue weighted by molar-refractivity contribution is 5.84. The second kappa shape index (κ2) is 8.37. The van der Waals surface area contributed by atoms with Crippen molar-refractivity contribution in [2.75, 3.05) is 24.5 Å². The first kappa shape index (κ1) is 19.5. The Hall–Kier alpha value is -3.43. The maximum Gasteiger partial charge on any atom is 0.237 e. The maximum absolute atomic E-state index is 12.4. The summed E-state index contributed by atoms with van der Waals surface area (Å²) in [5.41, 5.74) is 4.51. The Morgan fingerprint density at radius 2 is 2.06 bits per heavy atom. The Morgan fingerprint density at radius 3 is 2.90 bits per heavy atom. The van der Waals surface area contributed by atoms with Crippen molar-refractivity contribution in [3.63, 3.8) is 0 Å². The number of nitrogens with one attached hydrogen (secondary N) is 2. The predicted octanol–water partition coefficient (Wildman–Crippen LogP) is 3.22. The number of para-hydroxylation sites is 1. The van der Waals surface area contributed by atoms with Crippen LogP contribution < -0.4 is 15.5 Å². The van der Waals surface area contributed by atoms with Crippen molar-refractivity contribution in [1.82, 2.24) is 15.6 Å². The summed E-state index contributed by atoms with van der Waals surface area (Å²) >= 11 is 0. The van der Waals surface area contributed by atoms with Gasteiger partial charge in [-0.1, -0.05) is 24.3 Å². The minimum Gasteiger partial charge on any atom is -0.368 e. The van der Waals surface area contributed by atoms with E-state index in [0.29, 0.717) is 5.56 Å². The number of anilines is 1. The van der Waals surface area contributed by atoms with Crippen molar-refractivity contribution in [1.29, 1.82) is 5.26 Å². The number of fused-ring (bicyclic) bond motifs is 1. The molecule has 3 aromatic rings. The van der Waals surface area contributed by atoms with E-state index in [1.54, 1.807) is 0 Å². The van der Waals surface area contributed by atoms with Crippen molar-refractivity contribution in [2.45, 2.75) is 31.3 Å². The molecule has 0 saturated carbocycles. The molecular weight excluding hydrogens is 386 g/mol. The number of nitrogens with zero attached hydrogens (tertiary/aromatic N) is 3. The molecule has 0 radical (unpaired) electrons. The highest BCUT2D eigenvalue weighted by Gasteiger charge is 2.29. The monoisotopic (exact) mass is 411 g/mol. The SMILES string of the molecule is N#Cc1cc(-c2cnc3ccccc3c2)ccc1N1CC[C@H](NC(=O)[C@@H]2CCCN2)C1. The summed E-state index contributed by atoms with van der Waals surface area (Å²) in [7, 11) is 0. The number of hydrogen-bond donors (Lipinski definition) is 2. The normalized spacial score (nSPS) is 20.7. The fourth-order valence-electron chi connectivity index (χ4n) is 4.62. The van der Waals surface area contributed by atoms with Crippen LogP contribution in [0.25, 0.3) is 22.0 Å². The number of carbonyl (C=O) groups is 1. The zero-order valence-corrected chi connectivity index (χ0v) is 17.3. The zero-order valence-electron chi connectivity index (χ0n) is 17.3. The molecule has 6 heteroatoms. The summed E-state index contributed by atoms with van der Waals surface area (Å²) in [6.45, 7) is 2.47. The van der Waals surface area contributed by atoms with Crippen molar-refractivity contribution in [2.24, 2.45) is 0 Å². The van der Waals surface area contributed by atoms with Gasteiger partial charge in [0.25, 0.3) is 0 Å². The van der Waals surface area contributed by atoms with E-state index in [2.05, 4.69) is 38.7 Å². The number of rotatable bonds is 4. The van der Waals surface area contributed by atoms with E-state index in [1.807, 2.05) is 42.6 Å². The summed E-state index contributed by atoms with van der Waals surface area (Å²) in [6, 6.07) is 18.6. The Kier molecular flexibility index (Phi) is 5.27. The number of carbonyl (C=O) groups excluding carboxylic acids is 1. The van der Waals surface area contributed by atoms with E-state index in [-0.39, 0.29) is 18.0 Å². The van der Waals surface area contributed by atoms with Crippen LogP contribution in [-0.4, -0.2) is 42.6 Å². The minimum absolute atomic E-state index is 0.0569. The van der Waals surface area contributed by atoms with Crippen molar-refractivity contribution in [3.05, 3.63) is 60.3 Å². The van der Waals surface area contributed by atoms with E-state index in [0.717, 1.165) is 66.6 Å². The third-order valence-electron chi connectivity index (χ3n) is 6.29.